The number of hydrogen-bond acceptors (Lipinski definition) is 2. The van der Waals surface area contributed by atoms with Gasteiger partial charge in [0, 0.05) is 12.1 Å². The van der Waals surface area contributed by atoms with Crippen molar-refractivity contribution in [2.75, 3.05) is 0 Å². The van der Waals surface area contributed by atoms with Gasteiger partial charge in [0.25, 0.3) is 0 Å². The SMILES string of the molecule is CC1CC(C(C)(C)C2CC(C)C(N)C(C)C2)CC(C)C1N. The molecule has 0 bridgehead atoms. The lowest BCUT2D eigenvalue weighted by Gasteiger charge is -2.51. The molecule has 2 rings (SSSR count). The molecule has 0 aliphatic heterocycles. The van der Waals surface area contributed by atoms with Crippen molar-refractivity contribution >= 4 is 0 Å². The van der Waals surface area contributed by atoms with E-state index in [0.717, 1.165) is 11.8 Å². The summed E-state index contributed by atoms with van der Waals surface area (Å²) in [4.78, 5) is 0. The van der Waals surface area contributed by atoms with Crippen LogP contribution in [0.25, 0.3) is 0 Å². The number of nitrogens with two attached hydrogens (primary N) is 2. The van der Waals surface area contributed by atoms with Gasteiger partial charge in [0.2, 0.25) is 0 Å². The Morgan fingerprint density at radius 2 is 0.857 bits per heavy atom. The first kappa shape index (κ1) is 17.3. The van der Waals surface area contributed by atoms with Crippen LogP contribution in [0.2, 0.25) is 0 Å². The Bertz CT molecular complexity index is 295. The van der Waals surface area contributed by atoms with Gasteiger partial charge in [-0.2, -0.15) is 0 Å². The van der Waals surface area contributed by atoms with E-state index < -0.39 is 0 Å². The maximum atomic E-state index is 6.35. The molecule has 4 unspecified atom stereocenters. The van der Waals surface area contributed by atoms with E-state index in [-0.39, 0.29) is 0 Å². The molecular formula is C19H38N2. The fourth-order valence-electron chi connectivity index (χ4n) is 5.29. The summed E-state index contributed by atoms with van der Waals surface area (Å²) in [7, 11) is 0. The first-order valence-electron chi connectivity index (χ1n) is 9.15. The Balaban J connectivity index is 2.10. The van der Waals surface area contributed by atoms with Crippen LogP contribution >= 0.6 is 0 Å². The van der Waals surface area contributed by atoms with Gasteiger partial charge < -0.3 is 11.5 Å². The summed E-state index contributed by atoms with van der Waals surface area (Å²) in [6, 6.07) is 0.796. The first-order chi connectivity index (χ1) is 9.64. The Hall–Kier alpha value is -0.0800. The van der Waals surface area contributed by atoms with Crippen LogP contribution in [0, 0.1) is 40.9 Å². The van der Waals surface area contributed by atoms with Gasteiger partial charge in [0.1, 0.15) is 0 Å². The molecule has 124 valence electrons. The molecule has 4 atom stereocenters. The molecule has 0 aromatic rings. The highest BCUT2D eigenvalue weighted by Crippen LogP contribution is 2.51. The second-order valence-electron chi connectivity index (χ2n) is 9.22. The average molecular weight is 295 g/mol. The van der Waals surface area contributed by atoms with Crippen LogP contribution in [-0.4, -0.2) is 12.1 Å². The number of rotatable bonds is 2. The minimum absolute atomic E-state index is 0.398. The highest BCUT2D eigenvalue weighted by atomic mass is 14.7. The van der Waals surface area contributed by atoms with Crippen molar-refractivity contribution < 1.29 is 0 Å². The van der Waals surface area contributed by atoms with Crippen molar-refractivity contribution in [3.05, 3.63) is 0 Å². The van der Waals surface area contributed by atoms with Crippen LogP contribution in [0.15, 0.2) is 0 Å². The van der Waals surface area contributed by atoms with Crippen molar-refractivity contribution in [1.82, 2.24) is 0 Å². The molecule has 0 radical (unpaired) electrons. The normalized spacial score (nSPS) is 49.1. The summed E-state index contributed by atoms with van der Waals surface area (Å²) in [5.41, 5.74) is 13.1. The lowest BCUT2D eigenvalue weighted by atomic mass is 9.55. The zero-order valence-corrected chi connectivity index (χ0v) is 15.1. The summed E-state index contributed by atoms with van der Waals surface area (Å²) < 4.78 is 0. The highest BCUT2D eigenvalue weighted by molar-refractivity contribution is 4.97. The molecule has 0 heterocycles. The molecule has 4 N–H and O–H groups in total. The van der Waals surface area contributed by atoms with Crippen LogP contribution in [0.1, 0.15) is 67.2 Å². The summed E-state index contributed by atoms with van der Waals surface area (Å²) in [5.74, 6) is 4.30. The maximum absolute atomic E-state index is 6.35. The van der Waals surface area contributed by atoms with Gasteiger partial charge in [-0.15, -0.1) is 0 Å². The third kappa shape index (κ3) is 3.32. The first-order valence-corrected chi connectivity index (χ1v) is 9.15. The second kappa shape index (κ2) is 6.20. The van der Waals surface area contributed by atoms with Crippen molar-refractivity contribution in [3.8, 4) is 0 Å². The molecule has 0 saturated heterocycles. The molecule has 2 fully saturated rings. The van der Waals surface area contributed by atoms with E-state index in [1.807, 2.05) is 0 Å². The Kier molecular flexibility index (Phi) is 5.10. The molecule has 2 nitrogen and oxygen atoms in total. The topological polar surface area (TPSA) is 52.0 Å². The second-order valence-corrected chi connectivity index (χ2v) is 9.22. The molecule has 0 aromatic heterocycles. The zero-order chi connectivity index (χ0) is 15.9. The predicted octanol–water partition coefficient (Wildman–Crippen LogP) is 4.03. The fourth-order valence-corrected chi connectivity index (χ4v) is 5.29. The van der Waals surface area contributed by atoms with Gasteiger partial charge in [-0.05, 0) is 66.6 Å². The van der Waals surface area contributed by atoms with Gasteiger partial charge in [-0.3, -0.25) is 0 Å². The Morgan fingerprint density at radius 3 is 1.10 bits per heavy atom. The molecule has 2 aliphatic rings. The van der Waals surface area contributed by atoms with Gasteiger partial charge in [0.15, 0.2) is 0 Å². The summed E-state index contributed by atoms with van der Waals surface area (Å²) in [6.07, 6.45) is 5.24. The average Bonchev–Trinajstić information content (AvgIpc) is 2.40. The summed E-state index contributed by atoms with van der Waals surface area (Å²) >= 11 is 0. The van der Waals surface area contributed by atoms with Crippen molar-refractivity contribution in [3.63, 3.8) is 0 Å². The molecule has 2 aliphatic carbocycles. The van der Waals surface area contributed by atoms with Crippen LogP contribution in [-0.2, 0) is 0 Å². The van der Waals surface area contributed by atoms with E-state index in [2.05, 4.69) is 41.5 Å². The summed E-state index contributed by atoms with van der Waals surface area (Å²) in [5, 5.41) is 0. The Morgan fingerprint density at radius 1 is 0.619 bits per heavy atom. The third-order valence-corrected chi connectivity index (χ3v) is 7.36. The maximum Gasteiger partial charge on any atom is 0.00905 e. The number of hydrogen-bond donors (Lipinski definition) is 2. The van der Waals surface area contributed by atoms with Crippen LogP contribution < -0.4 is 11.5 Å². The van der Waals surface area contributed by atoms with Crippen LogP contribution in [0.5, 0.6) is 0 Å². The molecule has 2 heteroatoms. The smallest absolute Gasteiger partial charge is 0.00905 e. The fraction of sp³-hybridized carbons (Fsp3) is 1.00. The van der Waals surface area contributed by atoms with Gasteiger partial charge in [0.05, 0.1) is 0 Å². The largest absolute Gasteiger partial charge is 0.327 e. The van der Waals surface area contributed by atoms with E-state index in [9.17, 15) is 0 Å². The molecule has 0 aromatic carbocycles. The monoisotopic (exact) mass is 294 g/mol. The molecule has 0 spiro atoms. The minimum atomic E-state index is 0.398. The Labute approximate surface area is 132 Å². The van der Waals surface area contributed by atoms with E-state index in [1.54, 1.807) is 0 Å². The van der Waals surface area contributed by atoms with Crippen molar-refractivity contribution in [1.29, 1.82) is 0 Å². The van der Waals surface area contributed by atoms with Crippen LogP contribution in [0.3, 0.4) is 0 Å². The molecular weight excluding hydrogens is 256 g/mol. The molecule has 0 amide bonds. The lowest BCUT2D eigenvalue weighted by Crippen LogP contribution is -2.49. The van der Waals surface area contributed by atoms with E-state index in [4.69, 9.17) is 11.5 Å². The summed E-state index contributed by atoms with van der Waals surface area (Å²) in [6.45, 7) is 14.5. The zero-order valence-electron chi connectivity index (χ0n) is 15.1. The van der Waals surface area contributed by atoms with Crippen LogP contribution in [0.4, 0.5) is 0 Å². The van der Waals surface area contributed by atoms with Gasteiger partial charge in [-0.1, -0.05) is 41.5 Å². The van der Waals surface area contributed by atoms with Gasteiger partial charge >= 0.3 is 0 Å². The van der Waals surface area contributed by atoms with Gasteiger partial charge in [-0.25, -0.2) is 0 Å². The third-order valence-electron chi connectivity index (χ3n) is 7.36. The van der Waals surface area contributed by atoms with E-state index in [0.29, 0.717) is 41.2 Å². The predicted molar refractivity (Wildman–Crippen MR) is 91.8 cm³/mol. The highest BCUT2D eigenvalue weighted by Gasteiger charge is 2.45. The van der Waals surface area contributed by atoms with E-state index in [1.165, 1.54) is 25.7 Å². The molecule has 21 heavy (non-hydrogen) atoms. The van der Waals surface area contributed by atoms with E-state index >= 15 is 0 Å². The molecule has 2 saturated carbocycles. The quantitative estimate of drug-likeness (QED) is 0.808. The standard InChI is InChI=1S/C19H38N2/c1-11-7-15(8-12(2)17(11)20)19(5,6)16-9-13(3)18(21)14(4)10-16/h11-18H,7-10,20-21H2,1-6H3. The van der Waals surface area contributed by atoms with Crippen molar-refractivity contribution in [2.24, 2.45) is 52.4 Å². The minimum Gasteiger partial charge on any atom is -0.327 e. The van der Waals surface area contributed by atoms with Crippen molar-refractivity contribution in [2.45, 2.75) is 79.3 Å². The lowest BCUT2D eigenvalue weighted by molar-refractivity contribution is -0.00130.